The lowest BCUT2D eigenvalue weighted by Crippen LogP contribution is -2.23. The molecule has 1 heterocycles. The van der Waals surface area contributed by atoms with Crippen LogP contribution in [0.1, 0.15) is 50.4 Å². The fraction of sp³-hybridized carbons (Fsp3) is 0.733. The second kappa shape index (κ2) is 8.68. The van der Waals surface area contributed by atoms with Gasteiger partial charge < -0.3 is 5.73 Å². The molecule has 0 amide bonds. The van der Waals surface area contributed by atoms with Crippen molar-refractivity contribution in [2.75, 3.05) is 20.1 Å². The van der Waals surface area contributed by atoms with Crippen LogP contribution in [0.5, 0.6) is 0 Å². The summed E-state index contributed by atoms with van der Waals surface area (Å²) < 4.78 is 0. The summed E-state index contributed by atoms with van der Waals surface area (Å²) in [5.74, 6) is 0.820. The zero-order valence-electron chi connectivity index (χ0n) is 12.1. The van der Waals surface area contributed by atoms with Gasteiger partial charge in [-0.3, -0.25) is 4.90 Å². The molecule has 1 aromatic heterocycles. The molecular weight excluding hydrogens is 240 g/mol. The summed E-state index contributed by atoms with van der Waals surface area (Å²) in [5.41, 5.74) is 5.64. The Bertz CT molecular complexity index is 297. The Morgan fingerprint density at radius 2 is 2.17 bits per heavy atom. The molecule has 1 rings (SSSR count). The fourth-order valence-electron chi connectivity index (χ4n) is 2.36. The first-order chi connectivity index (χ1) is 8.69. The highest BCUT2D eigenvalue weighted by molar-refractivity contribution is 7.10. The monoisotopic (exact) mass is 268 g/mol. The van der Waals surface area contributed by atoms with E-state index < -0.39 is 0 Å². The van der Waals surface area contributed by atoms with E-state index in [1.54, 1.807) is 0 Å². The van der Waals surface area contributed by atoms with Crippen LogP contribution in [-0.2, 0) is 0 Å². The number of thiophene rings is 1. The van der Waals surface area contributed by atoms with E-state index in [1.807, 2.05) is 11.3 Å². The van der Waals surface area contributed by atoms with E-state index in [0.29, 0.717) is 6.04 Å². The molecule has 0 fully saturated rings. The van der Waals surface area contributed by atoms with Gasteiger partial charge in [0, 0.05) is 10.9 Å². The van der Waals surface area contributed by atoms with Gasteiger partial charge >= 0.3 is 0 Å². The minimum atomic E-state index is 0.541. The third-order valence-corrected chi connectivity index (χ3v) is 4.93. The van der Waals surface area contributed by atoms with Crippen LogP contribution >= 0.6 is 11.3 Å². The van der Waals surface area contributed by atoms with Gasteiger partial charge in [-0.15, -0.1) is 11.3 Å². The van der Waals surface area contributed by atoms with Gasteiger partial charge in [0.1, 0.15) is 0 Å². The van der Waals surface area contributed by atoms with Gasteiger partial charge in [0.15, 0.2) is 0 Å². The molecule has 104 valence electrons. The topological polar surface area (TPSA) is 29.3 Å². The third-order valence-electron chi connectivity index (χ3n) is 3.89. The standard InChI is InChI=1S/C15H28N2S/c1-4-14(9-10-16)7-5-11-17(3)13(2)15-8-6-12-18-15/h6,8,12-14H,4-5,7,9-11,16H2,1-3H3. The van der Waals surface area contributed by atoms with Crippen LogP contribution in [0.3, 0.4) is 0 Å². The quantitative estimate of drug-likeness (QED) is 0.736. The molecule has 0 saturated carbocycles. The summed E-state index contributed by atoms with van der Waals surface area (Å²) in [6, 6.07) is 4.91. The van der Waals surface area contributed by atoms with E-state index in [2.05, 4.69) is 43.3 Å². The zero-order chi connectivity index (χ0) is 13.4. The van der Waals surface area contributed by atoms with Crippen LogP contribution in [0.2, 0.25) is 0 Å². The Morgan fingerprint density at radius 1 is 1.39 bits per heavy atom. The first kappa shape index (κ1) is 15.7. The Balaban J connectivity index is 2.26. The van der Waals surface area contributed by atoms with E-state index >= 15 is 0 Å². The fourth-order valence-corrected chi connectivity index (χ4v) is 3.21. The summed E-state index contributed by atoms with van der Waals surface area (Å²) in [6.45, 7) is 6.58. The van der Waals surface area contributed by atoms with Crippen LogP contribution in [0, 0.1) is 5.92 Å². The molecule has 0 aliphatic heterocycles. The molecular formula is C15H28N2S. The molecule has 2 nitrogen and oxygen atoms in total. The maximum Gasteiger partial charge on any atom is 0.0410 e. The minimum absolute atomic E-state index is 0.541. The van der Waals surface area contributed by atoms with Crippen molar-refractivity contribution in [1.29, 1.82) is 0 Å². The van der Waals surface area contributed by atoms with Crippen molar-refractivity contribution < 1.29 is 0 Å². The third kappa shape index (κ3) is 5.09. The normalized spacial score (nSPS) is 14.9. The Labute approximate surface area is 116 Å². The second-order valence-electron chi connectivity index (χ2n) is 5.17. The van der Waals surface area contributed by atoms with Gasteiger partial charge in [-0.1, -0.05) is 19.4 Å². The van der Waals surface area contributed by atoms with E-state index in [-0.39, 0.29) is 0 Å². The van der Waals surface area contributed by atoms with E-state index in [0.717, 1.165) is 12.5 Å². The van der Waals surface area contributed by atoms with Crippen molar-refractivity contribution in [1.82, 2.24) is 4.90 Å². The molecule has 0 aliphatic carbocycles. The van der Waals surface area contributed by atoms with Crippen LogP contribution in [0.25, 0.3) is 0 Å². The zero-order valence-corrected chi connectivity index (χ0v) is 12.9. The number of rotatable bonds is 9. The van der Waals surface area contributed by atoms with E-state index in [9.17, 15) is 0 Å². The SMILES string of the molecule is CCC(CCN)CCCN(C)C(C)c1cccs1. The molecule has 0 saturated heterocycles. The lowest BCUT2D eigenvalue weighted by atomic mass is 9.96. The highest BCUT2D eigenvalue weighted by Crippen LogP contribution is 2.24. The predicted octanol–water partition coefficient (Wildman–Crippen LogP) is 3.90. The van der Waals surface area contributed by atoms with Crippen molar-refractivity contribution in [3.05, 3.63) is 22.4 Å². The van der Waals surface area contributed by atoms with Gasteiger partial charge in [0.05, 0.1) is 0 Å². The van der Waals surface area contributed by atoms with E-state index in [1.165, 1.54) is 37.1 Å². The van der Waals surface area contributed by atoms with Crippen LogP contribution in [0.15, 0.2) is 17.5 Å². The molecule has 2 atom stereocenters. The molecule has 0 radical (unpaired) electrons. The van der Waals surface area contributed by atoms with Crippen molar-refractivity contribution in [3.8, 4) is 0 Å². The summed E-state index contributed by atoms with van der Waals surface area (Å²) in [5, 5.41) is 2.16. The highest BCUT2D eigenvalue weighted by atomic mass is 32.1. The van der Waals surface area contributed by atoms with Gasteiger partial charge in [-0.05, 0) is 63.7 Å². The number of hydrogen-bond donors (Lipinski definition) is 1. The highest BCUT2D eigenvalue weighted by Gasteiger charge is 2.13. The molecule has 1 aromatic rings. The number of hydrogen-bond acceptors (Lipinski definition) is 3. The van der Waals surface area contributed by atoms with Crippen LogP contribution in [-0.4, -0.2) is 25.0 Å². The Morgan fingerprint density at radius 3 is 2.72 bits per heavy atom. The number of nitrogens with two attached hydrogens (primary N) is 1. The lowest BCUT2D eigenvalue weighted by Gasteiger charge is -2.24. The van der Waals surface area contributed by atoms with Crippen LogP contribution in [0.4, 0.5) is 0 Å². The average Bonchev–Trinajstić information content (AvgIpc) is 2.90. The molecule has 0 aromatic carbocycles. The smallest absolute Gasteiger partial charge is 0.0410 e. The molecule has 0 bridgehead atoms. The average molecular weight is 268 g/mol. The Hall–Kier alpha value is -0.380. The second-order valence-corrected chi connectivity index (χ2v) is 6.15. The van der Waals surface area contributed by atoms with Crippen LogP contribution < -0.4 is 5.73 Å². The molecule has 2 N–H and O–H groups in total. The Kier molecular flexibility index (Phi) is 7.56. The largest absolute Gasteiger partial charge is 0.330 e. The first-order valence-electron chi connectivity index (χ1n) is 7.12. The summed E-state index contributed by atoms with van der Waals surface area (Å²) >= 11 is 1.85. The van der Waals surface area contributed by atoms with Crippen molar-refractivity contribution in [2.45, 2.75) is 45.6 Å². The van der Waals surface area contributed by atoms with Crippen molar-refractivity contribution in [3.63, 3.8) is 0 Å². The van der Waals surface area contributed by atoms with Gasteiger partial charge in [0.25, 0.3) is 0 Å². The van der Waals surface area contributed by atoms with Gasteiger partial charge in [-0.25, -0.2) is 0 Å². The summed E-state index contributed by atoms with van der Waals surface area (Å²) in [7, 11) is 2.23. The van der Waals surface area contributed by atoms with Gasteiger partial charge in [0.2, 0.25) is 0 Å². The summed E-state index contributed by atoms with van der Waals surface area (Å²) in [6.07, 6.45) is 5.04. The summed E-state index contributed by atoms with van der Waals surface area (Å²) in [4.78, 5) is 3.92. The maximum absolute atomic E-state index is 5.64. The molecule has 3 heteroatoms. The van der Waals surface area contributed by atoms with Crippen molar-refractivity contribution >= 4 is 11.3 Å². The first-order valence-corrected chi connectivity index (χ1v) is 8.00. The molecule has 0 spiro atoms. The molecule has 2 unspecified atom stereocenters. The molecule has 18 heavy (non-hydrogen) atoms. The van der Waals surface area contributed by atoms with Crippen molar-refractivity contribution in [2.24, 2.45) is 11.7 Å². The maximum atomic E-state index is 5.64. The number of nitrogens with zero attached hydrogens (tertiary/aromatic N) is 1. The van der Waals surface area contributed by atoms with E-state index in [4.69, 9.17) is 5.73 Å². The minimum Gasteiger partial charge on any atom is -0.330 e. The predicted molar refractivity (Wildman–Crippen MR) is 82.1 cm³/mol. The molecule has 0 aliphatic rings. The lowest BCUT2D eigenvalue weighted by molar-refractivity contribution is 0.250. The van der Waals surface area contributed by atoms with Gasteiger partial charge in [-0.2, -0.15) is 0 Å².